The van der Waals surface area contributed by atoms with Gasteiger partial charge in [-0.3, -0.25) is 0 Å². The zero-order valence-corrected chi connectivity index (χ0v) is 13.7. The molecule has 0 bridgehead atoms. The molecule has 0 radical (unpaired) electrons. The fourth-order valence-electron chi connectivity index (χ4n) is 2.65. The van der Waals surface area contributed by atoms with Gasteiger partial charge in [0.05, 0.1) is 6.61 Å². The van der Waals surface area contributed by atoms with Crippen LogP contribution >= 0.6 is 0 Å². The third-order valence-electron chi connectivity index (χ3n) is 4.15. The quantitative estimate of drug-likeness (QED) is 0.796. The van der Waals surface area contributed by atoms with Gasteiger partial charge in [0.1, 0.15) is 6.61 Å². The Morgan fingerprint density at radius 1 is 1.05 bits per heavy atom. The van der Waals surface area contributed by atoms with Crippen LogP contribution in [-0.2, 0) is 9.47 Å². The first-order valence-electron chi connectivity index (χ1n) is 8.00. The van der Waals surface area contributed by atoms with Crippen LogP contribution in [0.25, 0.3) is 0 Å². The second-order valence-corrected chi connectivity index (χ2v) is 6.49. The Bertz CT molecular complexity index is 392. The molecule has 0 spiro atoms. The van der Waals surface area contributed by atoms with E-state index in [1.807, 2.05) is 7.05 Å². The molecule has 126 valence electrons. The molecule has 0 saturated carbocycles. The highest BCUT2D eigenvalue weighted by molar-refractivity contribution is 5.69. The Labute approximate surface area is 131 Å². The lowest BCUT2D eigenvalue weighted by molar-refractivity contribution is 0.0434. The van der Waals surface area contributed by atoms with E-state index >= 15 is 0 Å². The van der Waals surface area contributed by atoms with Crippen molar-refractivity contribution in [1.29, 1.82) is 0 Å². The third kappa shape index (κ3) is 4.50. The summed E-state index contributed by atoms with van der Waals surface area (Å²) in [5.41, 5.74) is 0. The zero-order valence-electron chi connectivity index (χ0n) is 13.7. The second-order valence-electron chi connectivity index (χ2n) is 6.49. The number of hydrogen-bond donors (Lipinski definition) is 1. The first kappa shape index (κ1) is 16.9. The second kappa shape index (κ2) is 7.67. The Morgan fingerprint density at radius 3 is 2.00 bits per heavy atom. The molecule has 7 nitrogen and oxygen atoms in total. The van der Waals surface area contributed by atoms with E-state index in [9.17, 15) is 9.59 Å². The number of ether oxygens (including phenoxy) is 2. The van der Waals surface area contributed by atoms with Crippen LogP contribution in [0.3, 0.4) is 0 Å². The van der Waals surface area contributed by atoms with Gasteiger partial charge in [-0.15, -0.1) is 0 Å². The number of nitrogens with one attached hydrogen (secondary N) is 1. The van der Waals surface area contributed by atoms with Crippen molar-refractivity contribution < 1.29 is 19.1 Å². The van der Waals surface area contributed by atoms with Gasteiger partial charge in [0.2, 0.25) is 0 Å². The molecule has 0 unspecified atom stereocenters. The predicted molar refractivity (Wildman–Crippen MR) is 81.6 cm³/mol. The predicted octanol–water partition coefficient (Wildman–Crippen LogP) is 1.14. The minimum atomic E-state index is -0.259. The zero-order chi connectivity index (χ0) is 16.1. The van der Waals surface area contributed by atoms with Crippen LogP contribution in [0.2, 0.25) is 0 Å². The summed E-state index contributed by atoms with van der Waals surface area (Å²) in [5.74, 6) is 1.14. The van der Waals surface area contributed by atoms with Gasteiger partial charge in [0.25, 0.3) is 0 Å². The minimum Gasteiger partial charge on any atom is -0.449 e. The van der Waals surface area contributed by atoms with Gasteiger partial charge in [-0.05, 0) is 18.9 Å². The van der Waals surface area contributed by atoms with Crippen LogP contribution in [0.15, 0.2) is 0 Å². The molecular weight excluding hydrogens is 286 g/mol. The fourth-order valence-corrected chi connectivity index (χ4v) is 2.65. The molecule has 2 aliphatic rings. The highest BCUT2D eigenvalue weighted by atomic mass is 16.6. The highest BCUT2D eigenvalue weighted by Gasteiger charge is 2.29. The first-order chi connectivity index (χ1) is 10.5. The van der Waals surface area contributed by atoms with Gasteiger partial charge in [0.15, 0.2) is 0 Å². The Morgan fingerprint density at radius 2 is 1.55 bits per heavy atom. The first-order valence-corrected chi connectivity index (χ1v) is 8.00. The molecule has 0 aromatic heterocycles. The van der Waals surface area contributed by atoms with Crippen molar-refractivity contribution in [1.82, 2.24) is 15.1 Å². The largest absolute Gasteiger partial charge is 0.449 e. The summed E-state index contributed by atoms with van der Waals surface area (Å²) in [4.78, 5) is 26.8. The maximum Gasteiger partial charge on any atom is 0.409 e. The van der Waals surface area contributed by atoms with E-state index < -0.39 is 0 Å². The fraction of sp³-hybridized carbons (Fsp3) is 0.867. The van der Waals surface area contributed by atoms with Crippen LogP contribution in [0, 0.1) is 11.8 Å². The molecule has 22 heavy (non-hydrogen) atoms. The van der Waals surface area contributed by atoms with Gasteiger partial charge in [-0.25, -0.2) is 9.59 Å². The van der Waals surface area contributed by atoms with Crippen molar-refractivity contribution in [2.75, 3.05) is 46.4 Å². The standard InChI is InChI=1S/C15H27N3O4/c1-11-6-17(7-11)14(19)21-5-4-13(16-3)10-22-15(20)18-8-12(2)9-18/h11-13,16H,4-10H2,1-3H3/t13-/m0/s1. The average Bonchev–Trinajstić information content (AvgIpc) is 2.43. The third-order valence-corrected chi connectivity index (χ3v) is 4.15. The van der Waals surface area contributed by atoms with Gasteiger partial charge in [0, 0.05) is 38.6 Å². The van der Waals surface area contributed by atoms with Gasteiger partial charge in [-0.1, -0.05) is 13.8 Å². The topological polar surface area (TPSA) is 71.1 Å². The van der Waals surface area contributed by atoms with Crippen LogP contribution in [0.4, 0.5) is 9.59 Å². The summed E-state index contributed by atoms with van der Waals surface area (Å²) in [6.45, 7) is 7.93. The van der Waals surface area contributed by atoms with Crippen molar-refractivity contribution in [3.63, 3.8) is 0 Å². The average molecular weight is 313 g/mol. The van der Waals surface area contributed by atoms with Gasteiger partial charge < -0.3 is 24.6 Å². The summed E-state index contributed by atoms with van der Waals surface area (Å²) in [7, 11) is 1.81. The molecule has 0 aliphatic carbocycles. The van der Waals surface area contributed by atoms with E-state index in [0.29, 0.717) is 31.5 Å². The van der Waals surface area contributed by atoms with Crippen LogP contribution in [-0.4, -0.2) is 74.5 Å². The van der Waals surface area contributed by atoms with Crippen molar-refractivity contribution in [3.8, 4) is 0 Å². The molecule has 2 heterocycles. The number of carbonyl (C=O) groups excluding carboxylic acids is 2. The lowest BCUT2D eigenvalue weighted by Crippen LogP contribution is -2.50. The van der Waals surface area contributed by atoms with Crippen LogP contribution < -0.4 is 5.32 Å². The summed E-state index contributed by atoms with van der Waals surface area (Å²) >= 11 is 0. The Kier molecular flexibility index (Phi) is 5.88. The summed E-state index contributed by atoms with van der Waals surface area (Å²) in [6, 6.07) is -0.00855. The number of likely N-dealkylation sites (tertiary alicyclic amines) is 2. The highest BCUT2D eigenvalue weighted by Crippen LogP contribution is 2.16. The lowest BCUT2D eigenvalue weighted by Gasteiger charge is -2.36. The molecule has 2 aliphatic heterocycles. The van der Waals surface area contributed by atoms with Crippen molar-refractivity contribution in [3.05, 3.63) is 0 Å². The number of hydrogen-bond acceptors (Lipinski definition) is 5. The molecule has 1 N–H and O–H groups in total. The molecular formula is C15H27N3O4. The molecule has 2 fully saturated rings. The van der Waals surface area contributed by atoms with Crippen LogP contribution in [0.1, 0.15) is 20.3 Å². The van der Waals surface area contributed by atoms with E-state index in [0.717, 1.165) is 26.2 Å². The SMILES string of the molecule is CN[C@@H](CCOC(=O)N1CC(C)C1)COC(=O)N1CC(C)C1. The number of rotatable bonds is 6. The van der Waals surface area contributed by atoms with Crippen LogP contribution in [0.5, 0.6) is 0 Å². The van der Waals surface area contributed by atoms with Gasteiger partial charge >= 0.3 is 12.2 Å². The minimum absolute atomic E-state index is 0.00855. The lowest BCUT2D eigenvalue weighted by atomic mass is 10.0. The number of amides is 2. The summed E-state index contributed by atoms with van der Waals surface area (Å²) < 4.78 is 10.5. The maximum atomic E-state index is 11.7. The Hall–Kier alpha value is -1.50. The molecule has 0 aromatic rings. The van der Waals surface area contributed by atoms with E-state index in [-0.39, 0.29) is 18.2 Å². The van der Waals surface area contributed by atoms with E-state index in [2.05, 4.69) is 19.2 Å². The van der Waals surface area contributed by atoms with Gasteiger partial charge in [-0.2, -0.15) is 0 Å². The summed E-state index contributed by atoms with van der Waals surface area (Å²) in [5, 5.41) is 3.08. The van der Waals surface area contributed by atoms with E-state index in [1.54, 1.807) is 9.80 Å². The molecule has 7 heteroatoms. The molecule has 2 saturated heterocycles. The number of carbonyl (C=O) groups is 2. The smallest absolute Gasteiger partial charge is 0.409 e. The number of nitrogens with zero attached hydrogens (tertiary/aromatic N) is 2. The van der Waals surface area contributed by atoms with E-state index in [1.165, 1.54) is 0 Å². The normalized spacial score (nSPS) is 20.1. The Balaban J connectivity index is 1.56. The summed E-state index contributed by atoms with van der Waals surface area (Å²) in [6.07, 6.45) is 0.111. The maximum absolute atomic E-state index is 11.7. The molecule has 2 rings (SSSR count). The molecule has 1 atom stereocenters. The van der Waals surface area contributed by atoms with Crippen molar-refractivity contribution >= 4 is 12.2 Å². The molecule has 0 aromatic carbocycles. The monoisotopic (exact) mass is 313 g/mol. The van der Waals surface area contributed by atoms with Crippen molar-refractivity contribution in [2.24, 2.45) is 11.8 Å². The molecule has 2 amide bonds. The number of likely N-dealkylation sites (N-methyl/N-ethyl adjacent to an activating group) is 1. The van der Waals surface area contributed by atoms with Crippen molar-refractivity contribution in [2.45, 2.75) is 26.3 Å². The van der Waals surface area contributed by atoms with E-state index in [4.69, 9.17) is 9.47 Å².